The lowest BCUT2D eigenvalue weighted by molar-refractivity contribution is -0.132. The van der Waals surface area contributed by atoms with Crippen molar-refractivity contribution in [2.75, 3.05) is 5.75 Å². The van der Waals surface area contributed by atoms with Crippen molar-refractivity contribution in [3.8, 4) is 0 Å². The fourth-order valence-electron chi connectivity index (χ4n) is 0.768. The van der Waals surface area contributed by atoms with Crippen LogP contribution in [0.2, 0.25) is 0 Å². The highest BCUT2D eigenvalue weighted by molar-refractivity contribution is 8.00. The summed E-state index contributed by atoms with van der Waals surface area (Å²) in [5, 5.41) is 9.47. The molecule has 1 fully saturated rings. The molecule has 1 saturated carbocycles. The average Bonchev–Trinajstić information content (AvgIpc) is 2.81. The first kappa shape index (κ1) is 9.65. The van der Waals surface area contributed by atoms with Gasteiger partial charge in [-0.3, -0.25) is 0 Å². The summed E-state index contributed by atoms with van der Waals surface area (Å²) in [7, 11) is 0. The molecule has 68 valence electrons. The average molecular weight is 186 g/mol. The van der Waals surface area contributed by atoms with Gasteiger partial charge in [-0.2, -0.15) is 11.8 Å². The highest BCUT2D eigenvalue weighted by atomic mass is 32.2. The van der Waals surface area contributed by atoms with Gasteiger partial charge in [0.2, 0.25) is 0 Å². The molecule has 0 saturated heterocycles. The summed E-state index contributed by atoms with van der Waals surface area (Å²) in [4.78, 5) is 10.5. The van der Waals surface area contributed by atoms with Gasteiger partial charge in [0.15, 0.2) is 0 Å². The minimum atomic E-state index is -0.788. The number of hydrogen-bond donors (Lipinski definition) is 1. The van der Waals surface area contributed by atoms with Crippen molar-refractivity contribution in [3.05, 3.63) is 11.1 Å². The molecule has 0 radical (unpaired) electrons. The fourth-order valence-corrected chi connectivity index (χ4v) is 1.94. The normalized spacial score (nSPS) is 18.8. The number of thioether (sulfide) groups is 1. The number of rotatable bonds is 4. The minimum absolute atomic E-state index is 0.503. The molecule has 0 heterocycles. The summed E-state index contributed by atoms with van der Waals surface area (Å²) in [5.74, 6) is 0.0897. The third-order valence-corrected chi connectivity index (χ3v) is 3.56. The molecule has 1 aliphatic rings. The fraction of sp³-hybridized carbons (Fsp3) is 0.667. The Bertz CT molecular complexity index is 217. The van der Waals surface area contributed by atoms with Gasteiger partial charge < -0.3 is 5.11 Å². The van der Waals surface area contributed by atoms with Crippen LogP contribution in [0.5, 0.6) is 0 Å². The molecule has 1 N–H and O–H groups in total. The molecule has 2 nitrogen and oxygen atoms in total. The second kappa shape index (κ2) is 3.99. The zero-order valence-electron chi connectivity index (χ0n) is 7.46. The van der Waals surface area contributed by atoms with Crippen LogP contribution in [0.15, 0.2) is 11.1 Å². The van der Waals surface area contributed by atoms with Crippen molar-refractivity contribution in [1.29, 1.82) is 0 Å². The molecule has 12 heavy (non-hydrogen) atoms. The van der Waals surface area contributed by atoms with E-state index in [9.17, 15) is 4.79 Å². The quantitative estimate of drug-likeness (QED) is 0.684. The van der Waals surface area contributed by atoms with E-state index >= 15 is 0 Å². The standard InChI is InChI=1S/C9H14O2S/c1-6(7(2)9(10)11)5-12-8-3-4-8/h8H,3-5H2,1-2H3,(H,10,11). The predicted molar refractivity (Wildman–Crippen MR) is 51.5 cm³/mol. The molecule has 0 aliphatic heterocycles. The molecule has 0 amide bonds. The van der Waals surface area contributed by atoms with Crippen molar-refractivity contribution in [1.82, 2.24) is 0 Å². The summed E-state index contributed by atoms with van der Waals surface area (Å²) in [5.41, 5.74) is 1.50. The maximum Gasteiger partial charge on any atom is 0.331 e. The smallest absolute Gasteiger partial charge is 0.331 e. The Hall–Kier alpha value is -0.440. The van der Waals surface area contributed by atoms with Crippen molar-refractivity contribution >= 4 is 17.7 Å². The highest BCUT2D eigenvalue weighted by Crippen LogP contribution is 2.35. The van der Waals surface area contributed by atoms with Crippen LogP contribution in [0.1, 0.15) is 26.7 Å². The van der Waals surface area contributed by atoms with Crippen LogP contribution in [0, 0.1) is 0 Å². The van der Waals surface area contributed by atoms with Crippen molar-refractivity contribution in [3.63, 3.8) is 0 Å². The van der Waals surface area contributed by atoms with Crippen molar-refractivity contribution in [2.24, 2.45) is 0 Å². The van der Waals surface area contributed by atoms with E-state index in [-0.39, 0.29) is 0 Å². The second-order valence-electron chi connectivity index (χ2n) is 3.22. The molecule has 0 aromatic carbocycles. The number of carboxylic acids is 1. The summed E-state index contributed by atoms with van der Waals surface area (Å²) >= 11 is 1.87. The first-order chi connectivity index (χ1) is 5.61. The van der Waals surface area contributed by atoms with Crippen LogP contribution in [0.25, 0.3) is 0 Å². The molecule has 0 bridgehead atoms. The van der Waals surface area contributed by atoms with E-state index in [4.69, 9.17) is 5.11 Å². The van der Waals surface area contributed by atoms with Gasteiger partial charge in [0.05, 0.1) is 0 Å². The SMILES string of the molecule is CC(CSC1CC1)=C(C)C(=O)O. The molecule has 0 aromatic rings. The first-order valence-corrected chi connectivity index (χ1v) is 5.17. The highest BCUT2D eigenvalue weighted by Gasteiger charge is 2.21. The second-order valence-corrected chi connectivity index (χ2v) is 4.51. The van der Waals surface area contributed by atoms with Crippen LogP contribution in [0.4, 0.5) is 0 Å². The molecular weight excluding hydrogens is 172 g/mol. The van der Waals surface area contributed by atoms with Crippen LogP contribution in [-0.2, 0) is 4.79 Å². The number of aliphatic carboxylic acids is 1. The molecule has 1 rings (SSSR count). The molecule has 0 atom stereocenters. The molecule has 1 aliphatic carbocycles. The van der Waals surface area contributed by atoms with Gasteiger partial charge in [-0.05, 0) is 26.7 Å². The van der Waals surface area contributed by atoms with Gasteiger partial charge in [-0.1, -0.05) is 5.57 Å². The van der Waals surface area contributed by atoms with E-state index < -0.39 is 5.97 Å². The van der Waals surface area contributed by atoms with Crippen molar-refractivity contribution < 1.29 is 9.90 Å². The van der Waals surface area contributed by atoms with Crippen molar-refractivity contribution in [2.45, 2.75) is 31.9 Å². The van der Waals surface area contributed by atoms with Crippen LogP contribution in [0.3, 0.4) is 0 Å². The maximum atomic E-state index is 10.5. The lowest BCUT2D eigenvalue weighted by Crippen LogP contribution is -2.01. The maximum absolute atomic E-state index is 10.5. The Labute approximate surface area is 77.0 Å². The Kier molecular flexibility index (Phi) is 3.20. The summed E-state index contributed by atoms with van der Waals surface area (Å²) in [6.07, 6.45) is 2.62. The lowest BCUT2D eigenvalue weighted by atomic mass is 10.2. The summed E-state index contributed by atoms with van der Waals surface area (Å²) in [6, 6.07) is 0. The summed E-state index contributed by atoms with van der Waals surface area (Å²) in [6.45, 7) is 3.57. The van der Waals surface area contributed by atoms with Gasteiger partial charge in [0.1, 0.15) is 0 Å². The third-order valence-electron chi connectivity index (χ3n) is 2.02. The molecule has 0 aromatic heterocycles. The van der Waals surface area contributed by atoms with Gasteiger partial charge in [-0.15, -0.1) is 0 Å². The first-order valence-electron chi connectivity index (χ1n) is 4.12. The van der Waals surface area contributed by atoms with E-state index in [2.05, 4.69) is 0 Å². The molecule has 0 unspecified atom stereocenters. The molecular formula is C9H14O2S. The molecule has 3 heteroatoms. The Morgan fingerprint density at radius 3 is 2.50 bits per heavy atom. The Morgan fingerprint density at radius 2 is 2.08 bits per heavy atom. The van der Waals surface area contributed by atoms with E-state index in [1.54, 1.807) is 6.92 Å². The van der Waals surface area contributed by atoms with Gasteiger partial charge in [-0.25, -0.2) is 4.79 Å². The van der Waals surface area contributed by atoms with Crippen LogP contribution >= 0.6 is 11.8 Å². The topological polar surface area (TPSA) is 37.3 Å². The van der Waals surface area contributed by atoms with Crippen LogP contribution in [-0.4, -0.2) is 22.1 Å². The number of carbonyl (C=O) groups is 1. The lowest BCUT2D eigenvalue weighted by Gasteiger charge is -2.02. The van der Waals surface area contributed by atoms with Crippen LogP contribution < -0.4 is 0 Å². The number of carboxylic acid groups (broad SMARTS) is 1. The van der Waals surface area contributed by atoms with E-state index in [1.165, 1.54) is 12.8 Å². The van der Waals surface area contributed by atoms with E-state index in [0.717, 1.165) is 16.6 Å². The minimum Gasteiger partial charge on any atom is -0.478 e. The zero-order valence-corrected chi connectivity index (χ0v) is 8.28. The zero-order chi connectivity index (χ0) is 9.14. The Balaban J connectivity index is 2.37. The van der Waals surface area contributed by atoms with Gasteiger partial charge >= 0.3 is 5.97 Å². The van der Waals surface area contributed by atoms with Gasteiger partial charge in [0, 0.05) is 16.6 Å². The predicted octanol–water partition coefficient (Wildman–Crippen LogP) is 2.30. The number of hydrogen-bond acceptors (Lipinski definition) is 2. The third kappa shape index (κ3) is 2.89. The van der Waals surface area contributed by atoms with E-state index in [0.29, 0.717) is 5.57 Å². The monoisotopic (exact) mass is 186 g/mol. The summed E-state index contributed by atoms with van der Waals surface area (Å²) < 4.78 is 0. The Morgan fingerprint density at radius 1 is 1.50 bits per heavy atom. The largest absolute Gasteiger partial charge is 0.478 e. The van der Waals surface area contributed by atoms with E-state index in [1.807, 2.05) is 18.7 Å². The van der Waals surface area contributed by atoms with Gasteiger partial charge in [0.25, 0.3) is 0 Å². The molecule has 0 spiro atoms.